The SMILES string of the molecule is CC(=O)C(=C(C)N)c1ccc(S)cc1. The molecule has 0 saturated heterocycles. The number of Topliss-reactive ketones (excluding diaryl/α,β-unsaturated/α-hetero) is 1. The van der Waals surface area contributed by atoms with Crippen LogP contribution in [0, 0.1) is 0 Å². The number of rotatable bonds is 2. The van der Waals surface area contributed by atoms with Crippen molar-refractivity contribution in [2.24, 2.45) is 5.73 Å². The molecule has 2 nitrogen and oxygen atoms in total. The van der Waals surface area contributed by atoms with Crippen LogP contribution >= 0.6 is 12.6 Å². The van der Waals surface area contributed by atoms with Crippen LogP contribution in [-0.2, 0) is 4.79 Å². The van der Waals surface area contributed by atoms with Gasteiger partial charge in [-0.25, -0.2) is 0 Å². The van der Waals surface area contributed by atoms with Crippen molar-refractivity contribution in [3.63, 3.8) is 0 Å². The fourth-order valence-electron chi connectivity index (χ4n) is 1.34. The van der Waals surface area contributed by atoms with Crippen LogP contribution in [0.5, 0.6) is 0 Å². The van der Waals surface area contributed by atoms with Crippen molar-refractivity contribution in [2.75, 3.05) is 0 Å². The average molecular weight is 207 g/mol. The first-order valence-corrected chi connectivity index (χ1v) is 4.73. The second kappa shape index (κ2) is 4.33. The third kappa shape index (κ3) is 2.39. The molecule has 0 unspecified atom stereocenters. The minimum absolute atomic E-state index is 0.0167. The third-order valence-electron chi connectivity index (χ3n) is 1.90. The molecule has 0 bridgehead atoms. The van der Waals surface area contributed by atoms with Gasteiger partial charge in [-0.1, -0.05) is 12.1 Å². The molecule has 1 aromatic carbocycles. The molecule has 1 rings (SSSR count). The minimum Gasteiger partial charge on any atom is -0.402 e. The third-order valence-corrected chi connectivity index (χ3v) is 2.20. The topological polar surface area (TPSA) is 43.1 Å². The number of allylic oxidation sites excluding steroid dienone is 2. The molecular formula is C11H13NOS. The van der Waals surface area contributed by atoms with E-state index in [9.17, 15) is 4.79 Å². The van der Waals surface area contributed by atoms with Gasteiger partial charge in [0.1, 0.15) is 0 Å². The molecule has 1 aromatic rings. The van der Waals surface area contributed by atoms with Gasteiger partial charge in [0.15, 0.2) is 5.78 Å². The Labute approximate surface area is 89.2 Å². The number of carbonyl (C=O) groups excluding carboxylic acids is 1. The molecule has 14 heavy (non-hydrogen) atoms. The highest BCUT2D eigenvalue weighted by Crippen LogP contribution is 2.19. The van der Waals surface area contributed by atoms with Gasteiger partial charge in [0, 0.05) is 16.2 Å². The molecule has 3 heteroatoms. The summed E-state index contributed by atoms with van der Waals surface area (Å²) in [6, 6.07) is 7.36. The molecule has 0 aliphatic carbocycles. The van der Waals surface area contributed by atoms with Gasteiger partial charge >= 0.3 is 0 Å². The summed E-state index contributed by atoms with van der Waals surface area (Å²) >= 11 is 4.17. The van der Waals surface area contributed by atoms with E-state index in [-0.39, 0.29) is 5.78 Å². The van der Waals surface area contributed by atoms with Crippen LogP contribution in [0.15, 0.2) is 34.9 Å². The molecule has 74 valence electrons. The van der Waals surface area contributed by atoms with Gasteiger partial charge < -0.3 is 5.73 Å². The predicted octanol–water partition coefficient (Wildman–Crippen LogP) is 2.25. The number of thiol groups is 1. The summed E-state index contributed by atoms with van der Waals surface area (Å²) in [7, 11) is 0. The van der Waals surface area contributed by atoms with Crippen LogP contribution in [0.4, 0.5) is 0 Å². The number of nitrogens with two attached hydrogens (primary N) is 1. The van der Waals surface area contributed by atoms with E-state index in [4.69, 9.17) is 5.73 Å². The van der Waals surface area contributed by atoms with Crippen molar-refractivity contribution in [1.29, 1.82) is 0 Å². The van der Waals surface area contributed by atoms with E-state index in [1.54, 1.807) is 6.92 Å². The lowest BCUT2D eigenvalue weighted by Gasteiger charge is -2.06. The molecule has 0 fully saturated rings. The Morgan fingerprint density at radius 2 is 1.71 bits per heavy atom. The second-order valence-electron chi connectivity index (χ2n) is 3.16. The normalized spacial score (nSPS) is 12.2. The molecule has 0 aliphatic heterocycles. The fraction of sp³-hybridized carbons (Fsp3) is 0.182. The lowest BCUT2D eigenvalue weighted by molar-refractivity contribution is -0.111. The summed E-state index contributed by atoms with van der Waals surface area (Å²) < 4.78 is 0. The van der Waals surface area contributed by atoms with Gasteiger partial charge in [0.25, 0.3) is 0 Å². The van der Waals surface area contributed by atoms with Crippen molar-refractivity contribution < 1.29 is 4.79 Å². The number of ketones is 1. The van der Waals surface area contributed by atoms with Crippen LogP contribution in [-0.4, -0.2) is 5.78 Å². The van der Waals surface area contributed by atoms with Gasteiger partial charge in [-0.05, 0) is 31.5 Å². The highest BCUT2D eigenvalue weighted by atomic mass is 32.1. The molecule has 0 amide bonds. The zero-order valence-electron chi connectivity index (χ0n) is 8.24. The van der Waals surface area contributed by atoms with Crippen molar-refractivity contribution in [3.05, 3.63) is 35.5 Å². The first-order valence-electron chi connectivity index (χ1n) is 4.29. The Kier molecular flexibility index (Phi) is 3.36. The average Bonchev–Trinajstić information content (AvgIpc) is 2.07. The highest BCUT2D eigenvalue weighted by Gasteiger charge is 2.08. The summed E-state index contributed by atoms with van der Waals surface area (Å²) in [6.07, 6.45) is 0. The smallest absolute Gasteiger partial charge is 0.162 e. The number of benzene rings is 1. The van der Waals surface area contributed by atoms with Gasteiger partial charge in [-0.2, -0.15) is 0 Å². The first-order chi connectivity index (χ1) is 6.52. The second-order valence-corrected chi connectivity index (χ2v) is 3.68. The lowest BCUT2D eigenvalue weighted by Crippen LogP contribution is -2.04. The Balaban J connectivity index is 3.21. The zero-order valence-corrected chi connectivity index (χ0v) is 9.14. The molecular weight excluding hydrogens is 194 g/mol. The van der Waals surface area contributed by atoms with E-state index in [1.165, 1.54) is 6.92 Å². The molecule has 0 atom stereocenters. The van der Waals surface area contributed by atoms with Crippen LogP contribution in [0.3, 0.4) is 0 Å². The molecule has 0 spiro atoms. The summed E-state index contributed by atoms with van der Waals surface area (Å²) in [6.45, 7) is 3.24. The Hall–Kier alpha value is -1.22. The summed E-state index contributed by atoms with van der Waals surface area (Å²) in [5.74, 6) is -0.0167. The maximum atomic E-state index is 11.3. The van der Waals surface area contributed by atoms with E-state index in [0.29, 0.717) is 11.3 Å². The molecule has 0 radical (unpaired) electrons. The summed E-state index contributed by atoms with van der Waals surface area (Å²) in [5.41, 5.74) is 7.62. The van der Waals surface area contributed by atoms with Crippen molar-refractivity contribution in [1.82, 2.24) is 0 Å². The lowest BCUT2D eigenvalue weighted by atomic mass is 10.0. The van der Waals surface area contributed by atoms with Crippen molar-refractivity contribution in [2.45, 2.75) is 18.7 Å². The summed E-state index contributed by atoms with van der Waals surface area (Å²) in [4.78, 5) is 12.2. The summed E-state index contributed by atoms with van der Waals surface area (Å²) in [5, 5.41) is 0. The van der Waals surface area contributed by atoms with Gasteiger partial charge in [-0.15, -0.1) is 12.6 Å². The number of hydrogen-bond acceptors (Lipinski definition) is 3. The van der Waals surface area contributed by atoms with E-state index in [2.05, 4.69) is 12.6 Å². The molecule has 0 heterocycles. The highest BCUT2D eigenvalue weighted by molar-refractivity contribution is 7.80. The first kappa shape index (κ1) is 10.9. The molecule has 0 aromatic heterocycles. The fourth-order valence-corrected chi connectivity index (χ4v) is 1.49. The van der Waals surface area contributed by atoms with Gasteiger partial charge in [0.2, 0.25) is 0 Å². The van der Waals surface area contributed by atoms with E-state index >= 15 is 0 Å². The standard InChI is InChI=1S/C11H13NOS/c1-7(12)11(8(2)13)9-3-5-10(14)6-4-9/h3-6,14H,12H2,1-2H3. The van der Waals surface area contributed by atoms with Crippen molar-refractivity contribution in [3.8, 4) is 0 Å². The van der Waals surface area contributed by atoms with E-state index in [1.807, 2.05) is 24.3 Å². The maximum Gasteiger partial charge on any atom is 0.162 e. The Bertz CT molecular complexity index is 375. The molecule has 0 saturated carbocycles. The van der Waals surface area contributed by atoms with Crippen LogP contribution in [0.2, 0.25) is 0 Å². The quantitative estimate of drug-likeness (QED) is 0.577. The van der Waals surface area contributed by atoms with Gasteiger partial charge in [0.05, 0.1) is 0 Å². The van der Waals surface area contributed by atoms with E-state index < -0.39 is 0 Å². The minimum atomic E-state index is -0.0167. The molecule has 2 N–H and O–H groups in total. The van der Waals surface area contributed by atoms with Crippen molar-refractivity contribution >= 4 is 24.0 Å². The monoisotopic (exact) mass is 207 g/mol. The Morgan fingerprint density at radius 3 is 2.07 bits per heavy atom. The zero-order chi connectivity index (χ0) is 10.7. The Morgan fingerprint density at radius 1 is 1.21 bits per heavy atom. The largest absolute Gasteiger partial charge is 0.402 e. The molecule has 0 aliphatic rings. The maximum absolute atomic E-state index is 11.3. The number of carbonyl (C=O) groups is 1. The van der Waals surface area contributed by atoms with Crippen LogP contribution in [0.25, 0.3) is 5.57 Å². The predicted molar refractivity (Wildman–Crippen MR) is 61.2 cm³/mol. The van der Waals surface area contributed by atoms with Gasteiger partial charge in [-0.3, -0.25) is 4.79 Å². The van der Waals surface area contributed by atoms with E-state index in [0.717, 1.165) is 10.5 Å². The van der Waals surface area contributed by atoms with Crippen LogP contribution < -0.4 is 5.73 Å². The van der Waals surface area contributed by atoms with Crippen LogP contribution in [0.1, 0.15) is 19.4 Å². The number of hydrogen-bond donors (Lipinski definition) is 2.